The van der Waals surface area contributed by atoms with E-state index in [1.165, 1.54) is 6.39 Å². The summed E-state index contributed by atoms with van der Waals surface area (Å²) in [6, 6.07) is 8.98. The van der Waals surface area contributed by atoms with Gasteiger partial charge in [0.25, 0.3) is 5.56 Å². The minimum Gasteiger partial charge on any atom is -0.442 e. The molecule has 7 nitrogen and oxygen atoms in total. The summed E-state index contributed by atoms with van der Waals surface area (Å²) in [5.74, 6) is 0.929. The fourth-order valence-electron chi connectivity index (χ4n) is 3.40. The number of imidazole rings is 1. The second kappa shape index (κ2) is 6.65. The molecule has 2 aromatic carbocycles. The SMILES string of the molecule is Cc1c(-c2cnco2)[nH]c(=O)c2c1ccc1[nH]c(Nc3c(Cl)cccc3Cl)nc12. The van der Waals surface area contributed by atoms with Gasteiger partial charge in [-0.15, -0.1) is 0 Å². The van der Waals surface area contributed by atoms with E-state index in [-0.39, 0.29) is 5.56 Å². The number of nitrogens with zero attached hydrogens (tertiary/aromatic N) is 2. The fourth-order valence-corrected chi connectivity index (χ4v) is 3.89. The topological polar surface area (TPSA) is 99.6 Å². The van der Waals surface area contributed by atoms with Crippen LogP contribution in [0.1, 0.15) is 5.56 Å². The third-order valence-electron chi connectivity index (χ3n) is 4.78. The van der Waals surface area contributed by atoms with Crippen LogP contribution < -0.4 is 10.9 Å². The Hall–Kier alpha value is -3.29. The van der Waals surface area contributed by atoms with Gasteiger partial charge >= 0.3 is 0 Å². The summed E-state index contributed by atoms with van der Waals surface area (Å²) >= 11 is 12.5. The molecule has 0 bridgehead atoms. The highest BCUT2D eigenvalue weighted by Gasteiger charge is 2.17. The zero-order chi connectivity index (χ0) is 20.1. The van der Waals surface area contributed by atoms with Crippen molar-refractivity contribution in [3.05, 3.63) is 68.9 Å². The van der Waals surface area contributed by atoms with Gasteiger partial charge in [-0.05, 0) is 36.1 Å². The molecule has 0 aliphatic rings. The van der Waals surface area contributed by atoms with Gasteiger partial charge < -0.3 is 19.7 Å². The first-order valence-electron chi connectivity index (χ1n) is 8.68. The third kappa shape index (κ3) is 2.86. The van der Waals surface area contributed by atoms with Crippen molar-refractivity contribution in [3.63, 3.8) is 0 Å². The lowest BCUT2D eigenvalue weighted by molar-refractivity contribution is 0.569. The zero-order valence-electron chi connectivity index (χ0n) is 15.0. The minimum atomic E-state index is -0.267. The number of hydrogen-bond acceptors (Lipinski definition) is 5. The second-order valence-corrected chi connectivity index (χ2v) is 7.33. The van der Waals surface area contributed by atoms with E-state index >= 15 is 0 Å². The van der Waals surface area contributed by atoms with Crippen LogP contribution in [-0.2, 0) is 0 Å². The molecule has 144 valence electrons. The van der Waals surface area contributed by atoms with Gasteiger partial charge in [-0.3, -0.25) is 4.79 Å². The number of halogens is 2. The normalized spacial score (nSPS) is 11.4. The number of aromatic amines is 2. The predicted molar refractivity (Wildman–Crippen MR) is 114 cm³/mol. The highest BCUT2D eigenvalue weighted by Crippen LogP contribution is 2.34. The van der Waals surface area contributed by atoms with E-state index in [4.69, 9.17) is 27.6 Å². The zero-order valence-corrected chi connectivity index (χ0v) is 16.5. The van der Waals surface area contributed by atoms with Crippen LogP contribution >= 0.6 is 23.2 Å². The summed E-state index contributed by atoms with van der Waals surface area (Å²) in [6.07, 6.45) is 2.89. The molecule has 5 rings (SSSR count). The molecule has 0 radical (unpaired) electrons. The highest BCUT2D eigenvalue weighted by atomic mass is 35.5. The first-order valence-corrected chi connectivity index (χ1v) is 9.43. The monoisotopic (exact) mass is 425 g/mol. The molecule has 9 heteroatoms. The maximum Gasteiger partial charge on any atom is 0.258 e. The van der Waals surface area contributed by atoms with Gasteiger partial charge in [0.1, 0.15) is 5.52 Å². The van der Waals surface area contributed by atoms with Crippen molar-refractivity contribution in [3.8, 4) is 11.5 Å². The Kier molecular flexibility index (Phi) is 4.08. The number of para-hydroxylation sites is 1. The summed E-state index contributed by atoms with van der Waals surface area (Å²) in [4.78, 5) is 27.4. The van der Waals surface area contributed by atoms with Crippen LogP contribution in [0.3, 0.4) is 0 Å². The Morgan fingerprint density at radius 1 is 1.10 bits per heavy atom. The van der Waals surface area contributed by atoms with Crippen molar-refractivity contribution in [2.24, 2.45) is 0 Å². The van der Waals surface area contributed by atoms with E-state index < -0.39 is 0 Å². The summed E-state index contributed by atoms with van der Waals surface area (Å²) in [6.45, 7) is 1.91. The second-order valence-electron chi connectivity index (χ2n) is 6.51. The number of rotatable bonds is 3. The van der Waals surface area contributed by atoms with Crippen molar-refractivity contribution in [2.45, 2.75) is 6.92 Å². The van der Waals surface area contributed by atoms with Gasteiger partial charge in [0, 0.05) is 0 Å². The van der Waals surface area contributed by atoms with E-state index in [1.807, 2.05) is 19.1 Å². The van der Waals surface area contributed by atoms with E-state index in [1.54, 1.807) is 24.4 Å². The van der Waals surface area contributed by atoms with Crippen LogP contribution in [0, 0.1) is 6.92 Å². The Labute approximate surface area is 173 Å². The maximum absolute atomic E-state index is 12.9. The number of H-pyrrole nitrogens is 2. The molecule has 0 unspecified atom stereocenters. The summed E-state index contributed by atoms with van der Waals surface area (Å²) in [5.41, 5.74) is 2.98. The van der Waals surface area contributed by atoms with Crippen molar-refractivity contribution in [1.82, 2.24) is 19.9 Å². The molecule has 0 amide bonds. The lowest BCUT2D eigenvalue weighted by Crippen LogP contribution is -2.09. The molecule has 3 aromatic heterocycles. The molecule has 0 saturated carbocycles. The Morgan fingerprint density at radius 3 is 2.62 bits per heavy atom. The van der Waals surface area contributed by atoms with Gasteiger partial charge in [-0.1, -0.05) is 35.3 Å². The lowest BCUT2D eigenvalue weighted by Gasteiger charge is -2.07. The molecular formula is C20H13Cl2N5O2. The smallest absolute Gasteiger partial charge is 0.258 e. The largest absolute Gasteiger partial charge is 0.442 e. The number of aromatic nitrogens is 4. The first kappa shape index (κ1) is 17.8. The van der Waals surface area contributed by atoms with E-state index in [0.29, 0.717) is 49.6 Å². The number of anilines is 2. The molecule has 29 heavy (non-hydrogen) atoms. The number of pyridine rings is 1. The molecule has 5 aromatic rings. The Balaban J connectivity index is 1.70. The standard InChI is InChI=1S/C20H13Cl2N5O2/c1-9-10-5-6-13-18(15(10)19(28)25-16(9)14-7-23-8-29-14)27-20(24-13)26-17-11(21)3-2-4-12(17)22/h2-8H,1H3,(H,25,28)(H2,24,26,27). The van der Waals surface area contributed by atoms with E-state index in [0.717, 1.165) is 10.9 Å². The Morgan fingerprint density at radius 2 is 1.90 bits per heavy atom. The van der Waals surface area contributed by atoms with Gasteiger partial charge in [-0.25, -0.2) is 9.97 Å². The van der Waals surface area contributed by atoms with Gasteiger partial charge in [0.05, 0.1) is 38.5 Å². The summed E-state index contributed by atoms with van der Waals surface area (Å²) in [7, 11) is 0. The van der Waals surface area contributed by atoms with Crippen LogP contribution in [0.4, 0.5) is 11.6 Å². The van der Waals surface area contributed by atoms with Crippen LogP contribution in [0.15, 0.2) is 52.1 Å². The van der Waals surface area contributed by atoms with Crippen LogP contribution in [0.25, 0.3) is 33.3 Å². The molecular weight excluding hydrogens is 413 g/mol. The fraction of sp³-hybridized carbons (Fsp3) is 0.0500. The van der Waals surface area contributed by atoms with Gasteiger partial charge in [0.15, 0.2) is 12.2 Å². The first-order chi connectivity index (χ1) is 14.0. The average molecular weight is 426 g/mol. The molecule has 0 aliphatic carbocycles. The van der Waals surface area contributed by atoms with Crippen molar-refractivity contribution < 1.29 is 4.42 Å². The number of hydrogen-bond donors (Lipinski definition) is 3. The lowest BCUT2D eigenvalue weighted by atomic mass is 10.0. The van der Waals surface area contributed by atoms with Gasteiger partial charge in [-0.2, -0.15) is 0 Å². The minimum absolute atomic E-state index is 0.267. The number of oxazole rings is 1. The number of fused-ring (bicyclic) bond motifs is 3. The van der Waals surface area contributed by atoms with Crippen molar-refractivity contribution >= 4 is 56.6 Å². The number of benzene rings is 2. The Bertz CT molecular complexity index is 1420. The molecule has 0 saturated heterocycles. The molecule has 0 spiro atoms. The third-order valence-corrected chi connectivity index (χ3v) is 5.41. The number of nitrogens with one attached hydrogen (secondary N) is 3. The van der Waals surface area contributed by atoms with E-state index in [2.05, 4.69) is 25.3 Å². The molecule has 3 N–H and O–H groups in total. The van der Waals surface area contributed by atoms with Crippen molar-refractivity contribution in [2.75, 3.05) is 5.32 Å². The maximum atomic E-state index is 12.9. The van der Waals surface area contributed by atoms with Crippen LogP contribution in [0.5, 0.6) is 0 Å². The van der Waals surface area contributed by atoms with Crippen LogP contribution in [-0.4, -0.2) is 19.9 Å². The van der Waals surface area contributed by atoms with Gasteiger partial charge in [0.2, 0.25) is 5.95 Å². The predicted octanol–water partition coefficient (Wildman–Crippen LogP) is 5.42. The quantitative estimate of drug-likeness (QED) is 0.358. The molecule has 0 aliphatic heterocycles. The van der Waals surface area contributed by atoms with Crippen molar-refractivity contribution in [1.29, 1.82) is 0 Å². The van der Waals surface area contributed by atoms with E-state index in [9.17, 15) is 4.79 Å². The number of aryl methyl sites for hydroxylation is 1. The summed E-state index contributed by atoms with van der Waals surface area (Å²) < 4.78 is 5.35. The molecule has 0 atom stereocenters. The highest BCUT2D eigenvalue weighted by molar-refractivity contribution is 6.39. The van der Waals surface area contributed by atoms with Crippen LogP contribution in [0.2, 0.25) is 10.0 Å². The molecule has 3 heterocycles. The summed E-state index contributed by atoms with van der Waals surface area (Å²) in [5, 5.41) is 5.29. The molecule has 0 fully saturated rings. The average Bonchev–Trinajstić information content (AvgIpc) is 3.36.